The summed E-state index contributed by atoms with van der Waals surface area (Å²) in [4.78, 5) is 15.7. The van der Waals surface area contributed by atoms with Crippen LogP contribution < -0.4 is 5.73 Å². The summed E-state index contributed by atoms with van der Waals surface area (Å²) in [6.07, 6.45) is 24.0. The molecule has 0 aromatic rings. The highest BCUT2D eigenvalue weighted by molar-refractivity contribution is 5.81. The number of allylic oxidation sites excluding steroid dienone is 2. The first-order valence-electron chi connectivity index (χ1n) is 11.2. The summed E-state index contributed by atoms with van der Waals surface area (Å²) >= 11 is 0. The van der Waals surface area contributed by atoms with Crippen molar-refractivity contribution in [2.24, 2.45) is 10.7 Å². The highest BCUT2D eigenvalue weighted by Crippen LogP contribution is 2.23. The molecule has 0 saturated heterocycles. The number of amidine groups is 1. The van der Waals surface area contributed by atoms with Crippen LogP contribution in [0, 0.1) is 0 Å². The number of carboxylic acid groups (broad SMARTS) is 1. The van der Waals surface area contributed by atoms with Crippen LogP contribution in [0.2, 0.25) is 0 Å². The van der Waals surface area contributed by atoms with Gasteiger partial charge < -0.3 is 5.11 Å². The van der Waals surface area contributed by atoms with Crippen molar-refractivity contribution < 1.29 is 14.4 Å². The third-order valence-electron chi connectivity index (χ3n) is 5.67. The van der Waals surface area contributed by atoms with Crippen molar-refractivity contribution in [3.63, 3.8) is 0 Å². The van der Waals surface area contributed by atoms with Gasteiger partial charge >= 0.3 is 5.97 Å². The highest BCUT2D eigenvalue weighted by Gasteiger charge is 2.40. The summed E-state index contributed by atoms with van der Waals surface area (Å²) in [5.41, 5.74) is 6.10. The number of hydrogen-bond donors (Lipinski definition) is 2. The molecule has 28 heavy (non-hydrogen) atoms. The Labute approximate surface area is 172 Å². The van der Waals surface area contributed by atoms with E-state index in [1.54, 1.807) is 6.20 Å². The van der Waals surface area contributed by atoms with Gasteiger partial charge in [0.25, 0.3) is 0 Å². The zero-order valence-corrected chi connectivity index (χ0v) is 18.1. The largest absolute Gasteiger partial charge is 0.477 e. The number of aliphatic imine (C=N–C) groups is 1. The van der Waals surface area contributed by atoms with E-state index in [2.05, 4.69) is 24.1 Å². The lowest BCUT2D eigenvalue weighted by Crippen LogP contribution is -2.59. The van der Waals surface area contributed by atoms with E-state index < -0.39 is 5.97 Å². The molecule has 1 aliphatic rings. The van der Waals surface area contributed by atoms with Crippen LogP contribution in [0.15, 0.2) is 29.5 Å². The fourth-order valence-corrected chi connectivity index (χ4v) is 3.89. The lowest BCUT2D eigenvalue weighted by Gasteiger charge is -2.34. The zero-order chi connectivity index (χ0) is 20.7. The molecule has 0 fully saturated rings. The van der Waals surface area contributed by atoms with E-state index in [0.29, 0.717) is 0 Å². The second-order valence-electron chi connectivity index (χ2n) is 8.06. The van der Waals surface area contributed by atoms with E-state index in [1.165, 1.54) is 70.6 Å². The number of nitrogens with two attached hydrogens (primary N) is 1. The lowest BCUT2D eigenvalue weighted by atomic mass is 10.0. The average Bonchev–Trinajstić information content (AvgIpc) is 3.05. The number of nitrogens with zero attached hydrogens (tertiary/aromatic N) is 2. The Hall–Kier alpha value is -1.46. The second kappa shape index (κ2) is 14.5. The zero-order valence-electron chi connectivity index (χ0n) is 18.1. The SMILES string of the molecule is C/C=C/CCCCCCCCCCCCCC1=NC=C[N+]1(CC(=O)O)C(C)N. The van der Waals surface area contributed by atoms with Crippen LogP contribution in [0.5, 0.6) is 0 Å². The molecule has 1 rings (SSSR count). The van der Waals surface area contributed by atoms with Gasteiger partial charge in [0.2, 0.25) is 5.84 Å². The number of quaternary nitrogens is 1. The number of rotatable bonds is 17. The number of aliphatic carboxylic acids is 1. The van der Waals surface area contributed by atoms with Crippen LogP contribution >= 0.6 is 0 Å². The summed E-state index contributed by atoms with van der Waals surface area (Å²) in [7, 11) is 0. The average molecular weight is 393 g/mol. The maximum atomic E-state index is 11.2. The minimum absolute atomic E-state index is 0.0255. The van der Waals surface area contributed by atoms with Gasteiger partial charge in [0.15, 0.2) is 6.54 Å². The molecule has 3 N–H and O–H groups in total. The maximum absolute atomic E-state index is 11.2. The third-order valence-corrected chi connectivity index (χ3v) is 5.67. The van der Waals surface area contributed by atoms with Crippen molar-refractivity contribution >= 4 is 11.8 Å². The van der Waals surface area contributed by atoms with Gasteiger partial charge in [-0.05, 0) is 26.2 Å². The molecule has 0 radical (unpaired) electrons. The van der Waals surface area contributed by atoms with E-state index in [-0.39, 0.29) is 17.2 Å². The molecule has 1 aliphatic heterocycles. The topological polar surface area (TPSA) is 75.7 Å². The fraction of sp³-hybridized carbons (Fsp3) is 0.739. The van der Waals surface area contributed by atoms with Gasteiger partial charge in [-0.1, -0.05) is 69.9 Å². The summed E-state index contributed by atoms with van der Waals surface area (Å²) in [6, 6.07) is 0. The molecule has 0 aliphatic carbocycles. The predicted molar refractivity (Wildman–Crippen MR) is 118 cm³/mol. The summed E-state index contributed by atoms with van der Waals surface area (Å²) in [5.74, 6) is 0.0566. The first-order chi connectivity index (χ1) is 13.5. The van der Waals surface area contributed by atoms with Gasteiger partial charge in [0.1, 0.15) is 12.4 Å². The molecular formula is C23H42N3O2+. The lowest BCUT2D eigenvalue weighted by molar-refractivity contribution is -0.805. The van der Waals surface area contributed by atoms with Gasteiger partial charge in [-0.25, -0.2) is 14.3 Å². The Balaban J connectivity index is 2.05. The second-order valence-corrected chi connectivity index (χ2v) is 8.06. The monoisotopic (exact) mass is 392 g/mol. The molecule has 0 saturated carbocycles. The van der Waals surface area contributed by atoms with E-state index in [1.807, 2.05) is 13.1 Å². The molecule has 5 nitrogen and oxygen atoms in total. The first kappa shape index (κ1) is 24.6. The Morgan fingerprint density at radius 2 is 1.61 bits per heavy atom. The molecule has 0 bridgehead atoms. The van der Waals surface area contributed by atoms with Gasteiger partial charge in [0.05, 0.1) is 6.20 Å². The van der Waals surface area contributed by atoms with Gasteiger partial charge in [-0.2, -0.15) is 0 Å². The van der Waals surface area contributed by atoms with Crippen molar-refractivity contribution in [3.05, 3.63) is 24.6 Å². The van der Waals surface area contributed by atoms with Gasteiger partial charge in [0, 0.05) is 13.3 Å². The number of carbonyl (C=O) groups is 1. The first-order valence-corrected chi connectivity index (χ1v) is 11.2. The molecule has 2 unspecified atom stereocenters. The molecule has 5 heteroatoms. The van der Waals surface area contributed by atoms with Crippen LogP contribution in [-0.2, 0) is 4.79 Å². The van der Waals surface area contributed by atoms with Crippen molar-refractivity contribution in [1.29, 1.82) is 0 Å². The molecular weight excluding hydrogens is 350 g/mol. The summed E-state index contributed by atoms with van der Waals surface area (Å²) < 4.78 is 0.171. The van der Waals surface area contributed by atoms with Crippen LogP contribution in [-0.4, -0.2) is 34.1 Å². The smallest absolute Gasteiger partial charge is 0.360 e. The summed E-state index contributed by atoms with van der Waals surface area (Å²) in [5, 5.41) is 9.24. The molecule has 0 aromatic heterocycles. The Bertz CT molecular complexity index is 526. The predicted octanol–water partition coefficient (Wildman–Crippen LogP) is 5.72. The number of carboxylic acids is 1. The van der Waals surface area contributed by atoms with Crippen molar-refractivity contribution in [3.8, 4) is 0 Å². The molecule has 0 spiro atoms. The molecule has 160 valence electrons. The molecule has 1 heterocycles. The van der Waals surface area contributed by atoms with E-state index in [0.717, 1.165) is 18.7 Å². The van der Waals surface area contributed by atoms with E-state index >= 15 is 0 Å². The van der Waals surface area contributed by atoms with Crippen LogP contribution in [0.4, 0.5) is 0 Å². The molecule has 2 atom stereocenters. The molecule has 0 aromatic carbocycles. The van der Waals surface area contributed by atoms with Crippen molar-refractivity contribution in [1.82, 2.24) is 0 Å². The minimum Gasteiger partial charge on any atom is -0.477 e. The summed E-state index contributed by atoms with van der Waals surface area (Å²) in [6.45, 7) is 3.92. The Morgan fingerprint density at radius 3 is 2.11 bits per heavy atom. The quantitative estimate of drug-likeness (QED) is 0.189. The van der Waals surface area contributed by atoms with Gasteiger partial charge in [-0.3, -0.25) is 5.73 Å². The van der Waals surface area contributed by atoms with E-state index in [9.17, 15) is 9.90 Å². The Morgan fingerprint density at radius 1 is 1.07 bits per heavy atom. The fourth-order valence-electron chi connectivity index (χ4n) is 3.89. The third kappa shape index (κ3) is 9.16. The maximum Gasteiger partial charge on any atom is 0.360 e. The Kier molecular flexibility index (Phi) is 12.8. The van der Waals surface area contributed by atoms with Crippen molar-refractivity contribution in [2.45, 2.75) is 103 Å². The van der Waals surface area contributed by atoms with Gasteiger partial charge in [-0.15, -0.1) is 0 Å². The standard InChI is InChI=1S/C23H41N3O2/c1-3-4-5-6-7-8-9-10-11-12-13-14-15-16-17-22-25-18-19-26(22,21(2)24)20-23(27)28/h3-4,18-19,21H,5-17,20,24H2,1-2H3/p+1/b4-3+. The minimum atomic E-state index is -0.839. The number of hydrogen-bond acceptors (Lipinski definition) is 3. The highest BCUT2D eigenvalue weighted by atomic mass is 16.4. The van der Waals surface area contributed by atoms with E-state index in [4.69, 9.17) is 5.73 Å². The van der Waals surface area contributed by atoms with Crippen LogP contribution in [0.3, 0.4) is 0 Å². The normalized spacial score (nSPS) is 20.0. The van der Waals surface area contributed by atoms with Crippen LogP contribution in [0.25, 0.3) is 0 Å². The number of unbranched alkanes of at least 4 members (excludes halogenated alkanes) is 11. The van der Waals surface area contributed by atoms with Crippen molar-refractivity contribution in [2.75, 3.05) is 6.54 Å². The molecule has 0 amide bonds. The van der Waals surface area contributed by atoms with Crippen LogP contribution in [0.1, 0.15) is 97.3 Å².